The Morgan fingerprint density at radius 1 is 1.10 bits per heavy atom. The average Bonchev–Trinajstić information content (AvgIpc) is 2.45. The molecule has 0 aliphatic heterocycles. The van der Waals surface area contributed by atoms with Gasteiger partial charge in [-0.25, -0.2) is 13.2 Å². The van der Waals surface area contributed by atoms with Gasteiger partial charge in [-0.3, -0.25) is 9.59 Å². The first-order chi connectivity index (χ1) is 9.40. The molecular weight excluding hydrogens is 277 g/mol. The molecule has 20 heavy (non-hydrogen) atoms. The van der Waals surface area contributed by atoms with E-state index in [4.69, 9.17) is 0 Å². The van der Waals surface area contributed by atoms with Gasteiger partial charge >= 0.3 is 11.9 Å². The quantitative estimate of drug-likeness (QED) is 0.615. The van der Waals surface area contributed by atoms with Crippen LogP contribution in [0.3, 0.4) is 0 Å². The molecule has 0 aliphatic carbocycles. The standard InChI is InChI=1S/C13H13F3O4/c1-19-10(17)6-8(13(18)20-2)5-7-3-4-9(14)12(16)11(7)15/h3-4,8H,5-6H2,1-2H3. The maximum Gasteiger partial charge on any atom is 0.309 e. The fourth-order valence-corrected chi connectivity index (χ4v) is 1.68. The molecular formula is C13H13F3O4. The molecule has 0 heterocycles. The van der Waals surface area contributed by atoms with E-state index in [0.717, 1.165) is 26.4 Å². The summed E-state index contributed by atoms with van der Waals surface area (Å²) in [6.07, 6.45) is -0.646. The zero-order chi connectivity index (χ0) is 15.3. The molecule has 0 saturated carbocycles. The van der Waals surface area contributed by atoms with Crippen LogP contribution in [0.4, 0.5) is 13.2 Å². The summed E-state index contributed by atoms with van der Waals surface area (Å²) in [7, 11) is 2.24. The Balaban J connectivity index is 2.98. The molecule has 110 valence electrons. The summed E-state index contributed by atoms with van der Waals surface area (Å²) >= 11 is 0. The van der Waals surface area contributed by atoms with Crippen molar-refractivity contribution in [2.24, 2.45) is 5.92 Å². The number of esters is 2. The van der Waals surface area contributed by atoms with Crippen molar-refractivity contribution in [3.05, 3.63) is 35.1 Å². The first kappa shape index (κ1) is 16.0. The molecule has 1 unspecified atom stereocenters. The molecule has 0 amide bonds. The Morgan fingerprint density at radius 2 is 1.75 bits per heavy atom. The number of halogens is 3. The van der Waals surface area contributed by atoms with E-state index in [0.29, 0.717) is 0 Å². The highest BCUT2D eigenvalue weighted by molar-refractivity contribution is 5.80. The fourth-order valence-electron chi connectivity index (χ4n) is 1.68. The van der Waals surface area contributed by atoms with E-state index in [1.807, 2.05) is 0 Å². The molecule has 0 aromatic heterocycles. The minimum absolute atomic E-state index is 0.219. The van der Waals surface area contributed by atoms with E-state index in [9.17, 15) is 22.8 Å². The summed E-state index contributed by atoms with van der Waals surface area (Å²) in [5, 5.41) is 0. The molecule has 0 fully saturated rings. The molecule has 0 bridgehead atoms. The van der Waals surface area contributed by atoms with Crippen LogP contribution in [-0.4, -0.2) is 26.2 Å². The monoisotopic (exact) mass is 290 g/mol. The van der Waals surface area contributed by atoms with Gasteiger partial charge in [-0.05, 0) is 18.1 Å². The highest BCUT2D eigenvalue weighted by Gasteiger charge is 2.26. The molecule has 1 atom stereocenters. The molecule has 1 aromatic rings. The average molecular weight is 290 g/mol. The van der Waals surface area contributed by atoms with Gasteiger partial charge in [0.05, 0.1) is 26.6 Å². The summed E-state index contributed by atoms with van der Waals surface area (Å²) in [6, 6.07) is 1.77. The Hall–Kier alpha value is -2.05. The van der Waals surface area contributed by atoms with Gasteiger partial charge < -0.3 is 9.47 Å². The van der Waals surface area contributed by atoms with Gasteiger partial charge in [0.25, 0.3) is 0 Å². The maximum absolute atomic E-state index is 13.5. The number of hydrogen-bond acceptors (Lipinski definition) is 4. The van der Waals surface area contributed by atoms with Crippen molar-refractivity contribution in [3.8, 4) is 0 Å². The molecule has 4 nitrogen and oxygen atoms in total. The van der Waals surface area contributed by atoms with Crippen LogP contribution < -0.4 is 0 Å². The van der Waals surface area contributed by atoms with E-state index < -0.39 is 35.3 Å². The van der Waals surface area contributed by atoms with E-state index in [1.165, 1.54) is 0 Å². The van der Waals surface area contributed by atoms with Crippen LogP contribution in [0, 0.1) is 23.4 Å². The summed E-state index contributed by atoms with van der Waals surface area (Å²) < 4.78 is 48.3. The predicted octanol–water partition coefficient (Wildman–Crippen LogP) is 2.00. The van der Waals surface area contributed by atoms with Crippen molar-refractivity contribution in [2.45, 2.75) is 12.8 Å². The van der Waals surface area contributed by atoms with Gasteiger partial charge in [-0.1, -0.05) is 6.07 Å². The second-order valence-corrected chi connectivity index (χ2v) is 4.04. The Kier molecular flexibility index (Phi) is 5.54. The number of benzene rings is 1. The topological polar surface area (TPSA) is 52.6 Å². The minimum Gasteiger partial charge on any atom is -0.469 e. The molecule has 0 spiro atoms. The summed E-state index contributed by atoms with van der Waals surface area (Å²) in [6.45, 7) is 0. The largest absolute Gasteiger partial charge is 0.469 e. The van der Waals surface area contributed by atoms with E-state index in [1.54, 1.807) is 0 Å². The van der Waals surface area contributed by atoms with Crippen LogP contribution in [0.5, 0.6) is 0 Å². The number of hydrogen-bond donors (Lipinski definition) is 0. The normalized spacial score (nSPS) is 11.8. The zero-order valence-corrected chi connectivity index (χ0v) is 10.9. The summed E-state index contributed by atoms with van der Waals surface area (Å²) in [5.74, 6) is -6.82. The second-order valence-electron chi connectivity index (χ2n) is 4.04. The smallest absolute Gasteiger partial charge is 0.309 e. The van der Waals surface area contributed by atoms with Gasteiger partial charge in [-0.2, -0.15) is 0 Å². The predicted molar refractivity (Wildman–Crippen MR) is 62.2 cm³/mol. The van der Waals surface area contributed by atoms with Gasteiger partial charge in [0.1, 0.15) is 0 Å². The molecule has 7 heteroatoms. The van der Waals surface area contributed by atoms with Crippen molar-refractivity contribution in [1.29, 1.82) is 0 Å². The van der Waals surface area contributed by atoms with Crippen molar-refractivity contribution in [2.75, 3.05) is 14.2 Å². The summed E-state index contributed by atoms with van der Waals surface area (Å²) in [5.41, 5.74) is -0.219. The van der Waals surface area contributed by atoms with Gasteiger partial charge in [0, 0.05) is 0 Å². The van der Waals surface area contributed by atoms with E-state index >= 15 is 0 Å². The SMILES string of the molecule is COC(=O)CC(Cc1ccc(F)c(F)c1F)C(=O)OC. The van der Waals surface area contributed by atoms with E-state index in [-0.39, 0.29) is 18.4 Å². The van der Waals surface area contributed by atoms with Crippen molar-refractivity contribution in [1.82, 2.24) is 0 Å². The van der Waals surface area contributed by atoms with Crippen LogP contribution >= 0.6 is 0 Å². The third-order valence-electron chi connectivity index (χ3n) is 2.76. The molecule has 0 saturated heterocycles. The number of rotatable bonds is 5. The van der Waals surface area contributed by atoms with Crippen LogP contribution in [0.2, 0.25) is 0 Å². The minimum atomic E-state index is -1.62. The number of carbonyl (C=O) groups is 2. The van der Waals surface area contributed by atoms with E-state index in [2.05, 4.69) is 9.47 Å². The summed E-state index contributed by atoms with van der Waals surface area (Å²) in [4.78, 5) is 22.7. The first-order valence-electron chi connectivity index (χ1n) is 5.67. The second kappa shape index (κ2) is 6.93. The fraction of sp³-hybridized carbons (Fsp3) is 0.385. The van der Waals surface area contributed by atoms with Crippen molar-refractivity contribution < 1.29 is 32.2 Å². The lowest BCUT2D eigenvalue weighted by Gasteiger charge is -2.14. The Morgan fingerprint density at radius 3 is 2.30 bits per heavy atom. The van der Waals surface area contributed by atoms with Gasteiger partial charge in [-0.15, -0.1) is 0 Å². The highest BCUT2D eigenvalue weighted by Crippen LogP contribution is 2.21. The number of methoxy groups -OCH3 is 2. The lowest BCUT2D eigenvalue weighted by atomic mass is 9.95. The number of ether oxygens (including phenoxy) is 2. The number of carbonyl (C=O) groups excluding carboxylic acids is 2. The Bertz CT molecular complexity index is 517. The Labute approximate surface area is 113 Å². The van der Waals surface area contributed by atoms with Crippen LogP contribution in [0.1, 0.15) is 12.0 Å². The van der Waals surface area contributed by atoms with Crippen LogP contribution in [0.15, 0.2) is 12.1 Å². The molecule has 1 rings (SSSR count). The highest BCUT2D eigenvalue weighted by atomic mass is 19.2. The van der Waals surface area contributed by atoms with Crippen LogP contribution in [0.25, 0.3) is 0 Å². The lowest BCUT2D eigenvalue weighted by molar-refractivity contribution is -0.152. The third kappa shape index (κ3) is 3.72. The zero-order valence-electron chi connectivity index (χ0n) is 10.9. The van der Waals surface area contributed by atoms with Crippen LogP contribution in [-0.2, 0) is 25.5 Å². The molecule has 0 radical (unpaired) electrons. The lowest BCUT2D eigenvalue weighted by Crippen LogP contribution is -2.23. The van der Waals surface area contributed by atoms with Gasteiger partial charge in [0.2, 0.25) is 0 Å². The van der Waals surface area contributed by atoms with Crippen molar-refractivity contribution >= 4 is 11.9 Å². The maximum atomic E-state index is 13.5. The molecule has 0 N–H and O–H groups in total. The molecule has 1 aromatic carbocycles. The van der Waals surface area contributed by atoms with Crippen molar-refractivity contribution in [3.63, 3.8) is 0 Å². The van der Waals surface area contributed by atoms with Gasteiger partial charge in [0.15, 0.2) is 17.5 Å². The molecule has 0 aliphatic rings. The first-order valence-corrected chi connectivity index (χ1v) is 5.67. The third-order valence-corrected chi connectivity index (χ3v) is 2.76.